The maximum Gasteiger partial charge on any atom is 0.134 e. The van der Waals surface area contributed by atoms with Crippen LogP contribution in [-0.4, -0.2) is 6.61 Å². The SMILES string of the molecule is Nc1ccc(OC2=C3COC=C3CC=C2)cc1. The number of hydrogen-bond donors (Lipinski definition) is 1. The average Bonchev–Trinajstić information content (AvgIpc) is 2.81. The predicted octanol–water partition coefficient (Wildman–Crippen LogP) is 2.78. The van der Waals surface area contributed by atoms with Gasteiger partial charge in [0.15, 0.2) is 0 Å². The number of benzene rings is 1. The Hall–Kier alpha value is -2.16. The number of ether oxygens (including phenoxy) is 2. The molecular formula is C14H13NO2. The van der Waals surface area contributed by atoms with Crippen LogP contribution in [0.4, 0.5) is 5.69 Å². The lowest BCUT2D eigenvalue weighted by atomic mass is 10.00. The normalized spacial score (nSPS) is 17.5. The van der Waals surface area contributed by atoms with Gasteiger partial charge in [-0.3, -0.25) is 0 Å². The molecule has 0 bridgehead atoms. The summed E-state index contributed by atoms with van der Waals surface area (Å²) in [6.07, 6.45) is 6.81. The van der Waals surface area contributed by atoms with Crippen molar-refractivity contribution in [2.24, 2.45) is 0 Å². The van der Waals surface area contributed by atoms with E-state index >= 15 is 0 Å². The second-order valence-corrected chi connectivity index (χ2v) is 4.07. The third-order valence-corrected chi connectivity index (χ3v) is 2.85. The van der Waals surface area contributed by atoms with E-state index in [1.165, 1.54) is 5.57 Å². The molecule has 0 unspecified atom stereocenters. The number of anilines is 1. The maximum atomic E-state index is 5.84. The van der Waals surface area contributed by atoms with Crippen molar-refractivity contribution >= 4 is 5.69 Å². The molecule has 17 heavy (non-hydrogen) atoms. The van der Waals surface area contributed by atoms with Crippen LogP contribution in [0.25, 0.3) is 0 Å². The van der Waals surface area contributed by atoms with Gasteiger partial charge >= 0.3 is 0 Å². The monoisotopic (exact) mass is 227 g/mol. The molecule has 0 fully saturated rings. The van der Waals surface area contributed by atoms with Gasteiger partial charge in [0, 0.05) is 16.8 Å². The van der Waals surface area contributed by atoms with E-state index in [1.54, 1.807) is 0 Å². The van der Waals surface area contributed by atoms with Gasteiger partial charge in [-0.15, -0.1) is 0 Å². The van der Waals surface area contributed by atoms with Crippen LogP contribution in [0.3, 0.4) is 0 Å². The number of nitrogen functional groups attached to an aromatic ring is 1. The Bertz CT molecular complexity index is 524. The molecule has 0 atom stereocenters. The highest BCUT2D eigenvalue weighted by atomic mass is 16.5. The van der Waals surface area contributed by atoms with Crippen LogP contribution in [-0.2, 0) is 4.74 Å². The number of hydrogen-bond acceptors (Lipinski definition) is 3. The van der Waals surface area contributed by atoms with Crippen molar-refractivity contribution in [1.29, 1.82) is 0 Å². The summed E-state index contributed by atoms with van der Waals surface area (Å²) in [7, 11) is 0. The van der Waals surface area contributed by atoms with Gasteiger partial charge in [-0.25, -0.2) is 0 Å². The van der Waals surface area contributed by atoms with Crippen molar-refractivity contribution in [2.45, 2.75) is 6.42 Å². The molecule has 3 nitrogen and oxygen atoms in total. The van der Waals surface area contributed by atoms with Crippen LogP contribution in [0, 0.1) is 0 Å². The topological polar surface area (TPSA) is 44.5 Å². The number of fused-ring (bicyclic) bond motifs is 1. The quantitative estimate of drug-likeness (QED) is 0.790. The summed E-state index contributed by atoms with van der Waals surface area (Å²) in [6.45, 7) is 0.601. The molecule has 1 heterocycles. The minimum absolute atomic E-state index is 0.601. The summed E-state index contributed by atoms with van der Waals surface area (Å²) < 4.78 is 11.2. The van der Waals surface area contributed by atoms with Crippen LogP contribution in [0.15, 0.2) is 59.6 Å². The minimum Gasteiger partial charge on any atom is -0.496 e. The Kier molecular flexibility index (Phi) is 2.37. The Balaban J connectivity index is 1.88. The Morgan fingerprint density at radius 1 is 1.18 bits per heavy atom. The van der Waals surface area contributed by atoms with E-state index < -0.39 is 0 Å². The maximum absolute atomic E-state index is 5.84. The van der Waals surface area contributed by atoms with E-state index in [-0.39, 0.29) is 0 Å². The second kappa shape index (κ2) is 4.01. The van der Waals surface area contributed by atoms with Crippen LogP contribution in [0.1, 0.15) is 6.42 Å². The zero-order chi connectivity index (χ0) is 11.7. The lowest BCUT2D eigenvalue weighted by molar-refractivity contribution is 0.296. The van der Waals surface area contributed by atoms with Gasteiger partial charge in [0.25, 0.3) is 0 Å². The van der Waals surface area contributed by atoms with Crippen LogP contribution in [0.2, 0.25) is 0 Å². The summed E-state index contributed by atoms with van der Waals surface area (Å²) >= 11 is 0. The molecule has 1 aromatic rings. The Morgan fingerprint density at radius 2 is 2.00 bits per heavy atom. The smallest absolute Gasteiger partial charge is 0.134 e. The van der Waals surface area contributed by atoms with Crippen molar-refractivity contribution in [3.05, 3.63) is 59.6 Å². The number of allylic oxidation sites excluding steroid dienone is 2. The van der Waals surface area contributed by atoms with Crippen molar-refractivity contribution in [2.75, 3.05) is 12.3 Å². The standard InChI is InChI=1S/C14H13NO2/c15-11-4-6-12(7-5-11)17-14-3-1-2-10-8-16-9-13(10)14/h1,3-8H,2,9,15H2. The molecule has 1 aliphatic heterocycles. The Labute approximate surface area is 99.8 Å². The van der Waals surface area contributed by atoms with Crippen molar-refractivity contribution in [1.82, 2.24) is 0 Å². The average molecular weight is 227 g/mol. The van der Waals surface area contributed by atoms with E-state index in [2.05, 4.69) is 6.08 Å². The highest BCUT2D eigenvalue weighted by molar-refractivity contribution is 5.47. The van der Waals surface area contributed by atoms with Gasteiger partial charge in [-0.05, 0) is 36.8 Å². The molecule has 0 saturated heterocycles. The first kappa shape index (κ1) is 10.0. The van der Waals surface area contributed by atoms with Crippen molar-refractivity contribution in [3.8, 4) is 5.75 Å². The van der Waals surface area contributed by atoms with Crippen molar-refractivity contribution in [3.63, 3.8) is 0 Å². The van der Waals surface area contributed by atoms with Crippen LogP contribution < -0.4 is 10.5 Å². The minimum atomic E-state index is 0.601. The van der Waals surface area contributed by atoms with Gasteiger partial charge < -0.3 is 15.2 Å². The Morgan fingerprint density at radius 3 is 2.82 bits per heavy atom. The highest BCUT2D eigenvalue weighted by Crippen LogP contribution is 2.30. The molecular weight excluding hydrogens is 214 g/mol. The second-order valence-electron chi connectivity index (χ2n) is 4.07. The third-order valence-electron chi connectivity index (χ3n) is 2.85. The molecule has 0 radical (unpaired) electrons. The summed E-state index contributed by atoms with van der Waals surface area (Å²) in [5.74, 6) is 1.66. The fourth-order valence-electron chi connectivity index (χ4n) is 1.94. The molecule has 0 saturated carbocycles. The van der Waals surface area contributed by atoms with Gasteiger partial charge in [-0.1, -0.05) is 6.08 Å². The van der Waals surface area contributed by atoms with Gasteiger partial charge in [0.05, 0.1) is 6.26 Å². The zero-order valence-electron chi connectivity index (χ0n) is 9.35. The molecule has 1 aliphatic carbocycles. The summed E-state index contributed by atoms with van der Waals surface area (Å²) in [4.78, 5) is 0. The first-order chi connectivity index (χ1) is 8.33. The van der Waals surface area contributed by atoms with E-state index in [0.29, 0.717) is 6.61 Å². The summed E-state index contributed by atoms with van der Waals surface area (Å²) in [6, 6.07) is 7.39. The van der Waals surface area contributed by atoms with Crippen LogP contribution in [0.5, 0.6) is 5.75 Å². The van der Waals surface area contributed by atoms with Gasteiger partial charge in [-0.2, -0.15) is 0 Å². The molecule has 0 spiro atoms. The molecule has 86 valence electrons. The van der Waals surface area contributed by atoms with Crippen molar-refractivity contribution < 1.29 is 9.47 Å². The van der Waals surface area contributed by atoms with Gasteiger partial charge in [0.1, 0.15) is 18.1 Å². The summed E-state index contributed by atoms with van der Waals surface area (Å²) in [5, 5.41) is 0. The predicted molar refractivity (Wildman–Crippen MR) is 66.3 cm³/mol. The van der Waals surface area contributed by atoms with E-state index in [4.69, 9.17) is 15.2 Å². The third kappa shape index (κ3) is 1.91. The highest BCUT2D eigenvalue weighted by Gasteiger charge is 2.20. The van der Waals surface area contributed by atoms with Crippen LogP contribution >= 0.6 is 0 Å². The molecule has 3 rings (SSSR count). The number of nitrogens with two attached hydrogens (primary N) is 1. The van der Waals surface area contributed by atoms with Gasteiger partial charge in [0.2, 0.25) is 0 Å². The van der Waals surface area contributed by atoms with E-state index in [0.717, 1.165) is 29.2 Å². The number of rotatable bonds is 2. The lowest BCUT2D eigenvalue weighted by Crippen LogP contribution is -2.04. The summed E-state index contributed by atoms with van der Waals surface area (Å²) in [5.41, 5.74) is 8.72. The molecule has 2 aliphatic rings. The first-order valence-corrected chi connectivity index (χ1v) is 5.57. The van der Waals surface area contributed by atoms with E-state index in [1.807, 2.05) is 36.6 Å². The largest absolute Gasteiger partial charge is 0.496 e. The fraction of sp³-hybridized carbons (Fsp3) is 0.143. The molecule has 1 aromatic carbocycles. The first-order valence-electron chi connectivity index (χ1n) is 5.57. The molecule has 3 heteroatoms. The molecule has 2 N–H and O–H groups in total. The fourth-order valence-corrected chi connectivity index (χ4v) is 1.94. The zero-order valence-corrected chi connectivity index (χ0v) is 9.35. The lowest BCUT2D eigenvalue weighted by Gasteiger charge is -2.14. The molecule has 0 amide bonds. The molecule has 0 aromatic heterocycles. The van der Waals surface area contributed by atoms with E-state index in [9.17, 15) is 0 Å².